The standard InChI is InChI=1S/C26H20Cl2F7NO3.CH4/c27-17-6-2-9-21(23(17)28)38-20-8-3-7-19-16(20)10-11-18(36(19)13-22(37)25(31,32)33)14-4-1-5-15(12-14)39-26(34,35)24(29)30;/h1-9,12,18,22,24,37H,10-11,13H2;1H4. The van der Waals surface area contributed by atoms with E-state index in [0.29, 0.717) is 5.56 Å². The molecule has 2 unspecified atom stereocenters. The molecule has 1 heterocycles. The minimum absolute atomic E-state index is 0. The van der Waals surface area contributed by atoms with Gasteiger partial charge in [-0.2, -0.15) is 30.7 Å². The molecule has 3 aromatic rings. The second-order valence-electron chi connectivity index (χ2n) is 8.71. The van der Waals surface area contributed by atoms with Crippen LogP contribution in [0.5, 0.6) is 17.2 Å². The molecule has 4 rings (SSSR count). The Kier molecular flexibility index (Phi) is 9.74. The van der Waals surface area contributed by atoms with Crippen LogP contribution in [0.4, 0.5) is 36.4 Å². The first-order valence-corrected chi connectivity index (χ1v) is 12.2. The van der Waals surface area contributed by atoms with Crippen molar-refractivity contribution in [3.05, 3.63) is 81.8 Å². The molecule has 0 saturated heterocycles. The van der Waals surface area contributed by atoms with Crippen LogP contribution in [0.25, 0.3) is 0 Å². The summed E-state index contributed by atoms with van der Waals surface area (Å²) in [4.78, 5) is 1.27. The van der Waals surface area contributed by atoms with Gasteiger partial charge in [-0.3, -0.25) is 0 Å². The lowest BCUT2D eigenvalue weighted by molar-refractivity contribution is -0.253. The van der Waals surface area contributed by atoms with Gasteiger partial charge in [0.25, 0.3) is 0 Å². The van der Waals surface area contributed by atoms with Gasteiger partial charge in [-0.1, -0.05) is 54.9 Å². The predicted octanol–water partition coefficient (Wildman–Crippen LogP) is 9.08. The van der Waals surface area contributed by atoms with Crippen molar-refractivity contribution in [2.45, 2.75) is 51.1 Å². The molecule has 218 valence electrons. The average Bonchev–Trinajstić information content (AvgIpc) is 2.86. The number of hydrogen-bond donors (Lipinski definition) is 1. The Morgan fingerprint density at radius 3 is 2.27 bits per heavy atom. The summed E-state index contributed by atoms with van der Waals surface area (Å²) in [6, 6.07) is 13.3. The van der Waals surface area contributed by atoms with Crippen molar-refractivity contribution in [1.29, 1.82) is 0 Å². The maximum absolute atomic E-state index is 13.5. The smallest absolute Gasteiger partial charge is 0.455 e. The molecular formula is C27H24Cl2F7NO3. The SMILES string of the molecule is C.OC(CN1c2cccc(Oc3cccc(Cl)c3Cl)c2CCC1c1cccc(OC(F)(F)C(F)F)c1)C(F)(F)F. The van der Waals surface area contributed by atoms with Crippen molar-refractivity contribution >= 4 is 28.9 Å². The number of fused-ring (bicyclic) bond motifs is 1. The largest absolute Gasteiger partial charge is 0.461 e. The number of aliphatic hydroxyl groups excluding tert-OH is 1. The van der Waals surface area contributed by atoms with Gasteiger partial charge < -0.3 is 19.5 Å². The van der Waals surface area contributed by atoms with Crippen LogP contribution in [0.2, 0.25) is 10.0 Å². The highest BCUT2D eigenvalue weighted by Gasteiger charge is 2.44. The van der Waals surface area contributed by atoms with E-state index in [4.69, 9.17) is 27.9 Å². The molecule has 0 radical (unpaired) electrons. The van der Waals surface area contributed by atoms with Gasteiger partial charge in [0, 0.05) is 11.3 Å². The summed E-state index contributed by atoms with van der Waals surface area (Å²) >= 11 is 12.3. The first-order valence-electron chi connectivity index (χ1n) is 11.5. The predicted molar refractivity (Wildman–Crippen MR) is 138 cm³/mol. The summed E-state index contributed by atoms with van der Waals surface area (Å²) in [6.07, 6.45) is -16.1. The summed E-state index contributed by atoms with van der Waals surface area (Å²) < 4.78 is 102. The lowest BCUT2D eigenvalue weighted by Crippen LogP contribution is -2.44. The van der Waals surface area contributed by atoms with Crippen molar-refractivity contribution in [3.8, 4) is 17.2 Å². The number of rotatable bonds is 8. The molecule has 4 nitrogen and oxygen atoms in total. The Morgan fingerprint density at radius 2 is 1.60 bits per heavy atom. The average molecular weight is 614 g/mol. The van der Waals surface area contributed by atoms with Crippen molar-refractivity contribution in [2.24, 2.45) is 0 Å². The van der Waals surface area contributed by atoms with Crippen LogP contribution in [-0.4, -0.2) is 36.5 Å². The maximum Gasteiger partial charge on any atom is 0.461 e. The highest BCUT2D eigenvalue weighted by Crippen LogP contribution is 2.45. The lowest BCUT2D eigenvalue weighted by Gasteiger charge is -2.41. The molecular weight excluding hydrogens is 590 g/mol. The van der Waals surface area contributed by atoms with Crippen LogP contribution in [0.15, 0.2) is 60.7 Å². The topological polar surface area (TPSA) is 41.9 Å². The number of β-amino-alcohol motifs (C(OH)–C–C–N with tert-alkyl or cyclic N) is 1. The molecule has 3 aromatic carbocycles. The number of hydrogen-bond acceptors (Lipinski definition) is 4. The second-order valence-corrected chi connectivity index (χ2v) is 9.49. The highest BCUT2D eigenvalue weighted by atomic mass is 35.5. The molecule has 1 aliphatic rings. The molecule has 2 atom stereocenters. The quantitative estimate of drug-likeness (QED) is 0.257. The number of halogens is 9. The van der Waals surface area contributed by atoms with Gasteiger partial charge in [0.15, 0.2) is 6.10 Å². The zero-order chi connectivity index (χ0) is 28.5. The molecule has 0 amide bonds. The Bertz CT molecular complexity index is 1320. The fourth-order valence-electron chi connectivity index (χ4n) is 4.31. The van der Waals surface area contributed by atoms with Crippen LogP contribution < -0.4 is 14.4 Å². The Balaban J connectivity index is 0.00000441. The summed E-state index contributed by atoms with van der Waals surface area (Å²) in [5.41, 5.74) is 1.02. The number of aliphatic hydroxyl groups is 1. The molecule has 0 fully saturated rings. The molecule has 0 spiro atoms. The van der Waals surface area contributed by atoms with Gasteiger partial charge in [-0.25, -0.2) is 0 Å². The van der Waals surface area contributed by atoms with Crippen LogP contribution in [0.1, 0.15) is 31.0 Å². The van der Waals surface area contributed by atoms with Crippen molar-refractivity contribution < 1.29 is 45.3 Å². The molecule has 0 bridgehead atoms. The summed E-state index contributed by atoms with van der Waals surface area (Å²) in [6.45, 7) is -0.902. The molecule has 0 saturated carbocycles. The number of benzene rings is 3. The third kappa shape index (κ3) is 6.87. The minimum Gasteiger partial charge on any atom is -0.455 e. The van der Waals surface area contributed by atoms with Gasteiger partial charge in [0.2, 0.25) is 0 Å². The van der Waals surface area contributed by atoms with E-state index in [1.54, 1.807) is 24.3 Å². The Hall–Kier alpha value is -2.89. The van der Waals surface area contributed by atoms with Crippen molar-refractivity contribution in [1.82, 2.24) is 0 Å². The fourth-order valence-corrected chi connectivity index (χ4v) is 4.64. The number of ether oxygens (including phenoxy) is 2. The van der Waals surface area contributed by atoms with E-state index in [1.807, 2.05) is 0 Å². The number of alkyl halides is 7. The molecule has 40 heavy (non-hydrogen) atoms. The third-order valence-electron chi connectivity index (χ3n) is 6.10. The van der Waals surface area contributed by atoms with Crippen LogP contribution >= 0.6 is 23.2 Å². The molecule has 0 aliphatic carbocycles. The summed E-state index contributed by atoms with van der Waals surface area (Å²) in [5, 5.41) is 10.3. The lowest BCUT2D eigenvalue weighted by atomic mass is 9.90. The fraction of sp³-hybridized carbons (Fsp3) is 0.333. The molecule has 0 aromatic heterocycles. The van der Waals surface area contributed by atoms with E-state index in [9.17, 15) is 35.8 Å². The first kappa shape index (κ1) is 31.6. The van der Waals surface area contributed by atoms with E-state index in [2.05, 4.69) is 4.74 Å². The first-order chi connectivity index (χ1) is 18.3. The summed E-state index contributed by atoms with van der Waals surface area (Å²) in [7, 11) is 0. The van der Waals surface area contributed by atoms with E-state index in [0.717, 1.165) is 12.1 Å². The maximum atomic E-state index is 13.5. The Labute approximate surface area is 235 Å². The zero-order valence-corrected chi connectivity index (χ0v) is 21.3. The zero-order valence-electron chi connectivity index (χ0n) is 19.7. The van der Waals surface area contributed by atoms with E-state index < -0.39 is 43.2 Å². The minimum atomic E-state index is -4.95. The van der Waals surface area contributed by atoms with Gasteiger partial charge in [0.05, 0.1) is 17.6 Å². The molecule has 1 aliphatic heterocycles. The van der Waals surface area contributed by atoms with Gasteiger partial charge >= 0.3 is 18.7 Å². The van der Waals surface area contributed by atoms with Gasteiger partial charge in [-0.05, 0) is 54.8 Å². The second kappa shape index (κ2) is 12.3. The van der Waals surface area contributed by atoms with Crippen LogP contribution in [0, 0.1) is 0 Å². The van der Waals surface area contributed by atoms with Crippen LogP contribution in [-0.2, 0) is 6.42 Å². The van der Waals surface area contributed by atoms with Gasteiger partial charge in [-0.15, -0.1) is 0 Å². The molecule has 1 N–H and O–H groups in total. The monoisotopic (exact) mass is 613 g/mol. The highest BCUT2D eigenvalue weighted by molar-refractivity contribution is 6.42. The Morgan fingerprint density at radius 1 is 0.950 bits per heavy atom. The van der Waals surface area contributed by atoms with Crippen molar-refractivity contribution in [2.75, 3.05) is 11.4 Å². The third-order valence-corrected chi connectivity index (χ3v) is 6.90. The van der Waals surface area contributed by atoms with E-state index in [-0.39, 0.29) is 53.1 Å². The number of nitrogens with zero attached hydrogens (tertiary/aromatic N) is 1. The summed E-state index contributed by atoms with van der Waals surface area (Å²) in [5.74, 6) is -0.0887. The van der Waals surface area contributed by atoms with Gasteiger partial charge in [0.1, 0.15) is 22.3 Å². The molecule has 13 heteroatoms. The normalized spacial score (nSPS) is 16.3. The van der Waals surface area contributed by atoms with E-state index >= 15 is 0 Å². The van der Waals surface area contributed by atoms with E-state index in [1.165, 1.54) is 29.2 Å². The van der Waals surface area contributed by atoms with Crippen molar-refractivity contribution in [3.63, 3.8) is 0 Å². The van der Waals surface area contributed by atoms with Crippen LogP contribution in [0.3, 0.4) is 0 Å². The number of anilines is 1.